The zero-order valence-corrected chi connectivity index (χ0v) is 12.4. The average Bonchev–Trinajstić information content (AvgIpc) is 2.37. The molecule has 2 N–H and O–H groups in total. The van der Waals surface area contributed by atoms with Crippen LogP contribution in [0.25, 0.3) is 0 Å². The van der Waals surface area contributed by atoms with Gasteiger partial charge >= 0.3 is 0 Å². The zero-order chi connectivity index (χ0) is 13.0. The average molecular weight is 252 g/mol. The van der Waals surface area contributed by atoms with Crippen molar-refractivity contribution in [2.75, 3.05) is 19.6 Å². The minimum Gasteiger partial charge on any atom is -0.327 e. The third-order valence-electron chi connectivity index (χ3n) is 5.20. The van der Waals surface area contributed by atoms with Crippen LogP contribution in [0.3, 0.4) is 0 Å². The second-order valence-electron chi connectivity index (χ2n) is 6.87. The number of rotatable bonds is 4. The predicted molar refractivity (Wildman–Crippen MR) is 78.6 cm³/mol. The second-order valence-corrected chi connectivity index (χ2v) is 6.87. The summed E-state index contributed by atoms with van der Waals surface area (Å²) in [5.74, 6) is 2.66. The van der Waals surface area contributed by atoms with Crippen LogP contribution < -0.4 is 5.73 Å². The van der Waals surface area contributed by atoms with Crippen molar-refractivity contribution < 1.29 is 0 Å². The number of nitrogens with zero attached hydrogens (tertiary/aromatic N) is 1. The largest absolute Gasteiger partial charge is 0.327 e. The van der Waals surface area contributed by atoms with Gasteiger partial charge in [0.05, 0.1) is 0 Å². The van der Waals surface area contributed by atoms with Crippen molar-refractivity contribution in [3.8, 4) is 0 Å². The first-order valence-corrected chi connectivity index (χ1v) is 8.17. The van der Waals surface area contributed by atoms with Gasteiger partial charge in [-0.05, 0) is 62.9 Å². The molecule has 1 saturated heterocycles. The first kappa shape index (κ1) is 14.3. The summed E-state index contributed by atoms with van der Waals surface area (Å²) < 4.78 is 0. The first-order valence-electron chi connectivity index (χ1n) is 8.17. The smallest absolute Gasteiger partial charge is 0.00795 e. The van der Waals surface area contributed by atoms with Crippen molar-refractivity contribution in [2.24, 2.45) is 23.5 Å². The Morgan fingerprint density at radius 2 is 1.83 bits per heavy atom. The Morgan fingerprint density at radius 3 is 2.50 bits per heavy atom. The maximum absolute atomic E-state index is 6.31. The third-order valence-corrected chi connectivity index (χ3v) is 5.20. The summed E-state index contributed by atoms with van der Waals surface area (Å²) in [6.45, 7) is 8.62. The van der Waals surface area contributed by atoms with E-state index in [4.69, 9.17) is 5.73 Å². The molecule has 2 nitrogen and oxygen atoms in total. The van der Waals surface area contributed by atoms with E-state index < -0.39 is 0 Å². The third kappa shape index (κ3) is 3.96. The molecule has 0 radical (unpaired) electrons. The van der Waals surface area contributed by atoms with E-state index in [1.165, 1.54) is 64.6 Å². The number of likely N-dealkylation sites (tertiary alicyclic amines) is 1. The molecule has 2 rings (SSSR count). The number of piperidine rings is 1. The molecule has 0 aromatic carbocycles. The molecule has 3 unspecified atom stereocenters. The van der Waals surface area contributed by atoms with Crippen molar-refractivity contribution in [1.29, 1.82) is 0 Å². The Kier molecular flexibility index (Phi) is 5.50. The molecule has 2 heteroatoms. The van der Waals surface area contributed by atoms with Crippen LogP contribution in [0, 0.1) is 17.8 Å². The van der Waals surface area contributed by atoms with Crippen LogP contribution >= 0.6 is 0 Å². The van der Waals surface area contributed by atoms with Gasteiger partial charge in [-0.25, -0.2) is 0 Å². The Morgan fingerprint density at radius 1 is 1.11 bits per heavy atom. The van der Waals surface area contributed by atoms with Gasteiger partial charge in [0.25, 0.3) is 0 Å². The van der Waals surface area contributed by atoms with Crippen LogP contribution in [0.2, 0.25) is 0 Å². The molecule has 1 heterocycles. The van der Waals surface area contributed by atoms with Crippen molar-refractivity contribution in [3.63, 3.8) is 0 Å². The van der Waals surface area contributed by atoms with E-state index in [1.54, 1.807) is 0 Å². The first-order chi connectivity index (χ1) is 8.69. The van der Waals surface area contributed by atoms with Gasteiger partial charge in [0.15, 0.2) is 0 Å². The van der Waals surface area contributed by atoms with Crippen LogP contribution in [-0.2, 0) is 0 Å². The Labute approximate surface area is 113 Å². The summed E-state index contributed by atoms with van der Waals surface area (Å²) in [5, 5.41) is 0. The molecule has 18 heavy (non-hydrogen) atoms. The lowest BCUT2D eigenvalue weighted by Gasteiger charge is -2.39. The summed E-state index contributed by atoms with van der Waals surface area (Å²) >= 11 is 0. The van der Waals surface area contributed by atoms with Crippen molar-refractivity contribution in [3.05, 3.63) is 0 Å². The highest BCUT2D eigenvalue weighted by molar-refractivity contribution is 4.84. The van der Waals surface area contributed by atoms with Gasteiger partial charge in [-0.1, -0.05) is 26.7 Å². The topological polar surface area (TPSA) is 29.3 Å². The molecule has 2 fully saturated rings. The molecule has 1 aliphatic heterocycles. The molecule has 0 aromatic rings. The molecule has 1 saturated carbocycles. The van der Waals surface area contributed by atoms with Gasteiger partial charge in [-0.2, -0.15) is 0 Å². The van der Waals surface area contributed by atoms with Gasteiger partial charge in [-0.15, -0.1) is 0 Å². The monoisotopic (exact) mass is 252 g/mol. The molecular weight excluding hydrogens is 220 g/mol. The minimum atomic E-state index is 0.467. The Bertz CT molecular complexity index is 233. The normalized spacial score (nSPS) is 35.8. The quantitative estimate of drug-likeness (QED) is 0.832. The number of hydrogen-bond acceptors (Lipinski definition) is 2. The van der Waals surface area contributed by atoms with Gasteiger partial charge in [-0.3, -0.25) is 0 Å². The molecule has 3 atom stereocenters. The molecule has 0 spiro atoms. The summed E-state index contributed by atoms with van der Waals surface area (Å²) in [4.78, 5) is 2.69. The summed E-state index contributed by atoms with van der Waals surface area (Å²) in [5.41, 5.74) is 6.31. The number of nitrogens with two attached hydrogens (primary N) is 1. The highest BCUT2D eigenvalue weighted by atomic mass is 15.1. The molecular formula is C16H32N2. The molecule has 106 valence electrons. The molecule has 0 bridgehead atoms. The van der Waals surface area contributed by atoms with Crippen molar-refractivity contribution >= 4 is 0 Å². The van der Waals surface area contributed by atoms with Gasteiger partial charge in [0, 0.05) is 12.6 Å². The number of hydrogen-bond donors (Lipinski definition) is 1. The van der Waals surface area contributed by atoms with E-state index in [0.29, 0.717) is 6.04 Å². The summed E-state index contributed by atoms with van der Waals surface area (Å²) in [6.07, 6.45) is 9.59. The summed E-state index contributed by atoms with van der Waals surface area (Å²) in [7, 11) is 0. The Balaban J connectivity index is 1.73. The maximum Gasteiger partial charge on any atom is 0.00795 e. The SMILES string of the molecule is CCCC1CCN(CC2CC(C)CCC2N)CC1. The van der Waals surface area contributed by atoms with Gasteiger partial charge in [0.1, 0.15) is 0 Å². The van der Waals surface area contributed by atoms with E-state index in [0.717, 1.165) is 17.8 Å². The van der Waals surface area contributed by atoms with Crippen LogP contribution in [0.4, 0.5) is 0 Å². The van der Waals surface area contributed by atoms with Crippen molar-refractivity contribution in [1.82, 2.24) is 4.90 Å². The molecule has 0 aromatic heterocycles. The van der Waals surface area contributed by atoms with Crippen LogP contribution in [0.15, 0.2) is 0 Å². The standard InChI is InChI=1S/C16H32N2/c1-3-4-14-7-9-18(10-8-14)12-15-11-13(2)5-6-16(15)17/h13-16H,3-12,17H2,1-2H3. The lowest BCUT2D eigenvalue weighted by atomic mass is 9.78. The van der Waals surface area contributed by atoms with Crippen LogP contribution in [-0.4, -0.2) is 30.6 Å². The maximum atomic E-state index is 6.31. The molecule has 1 aliphatic carbocycles. The van der Waals surface area contributed by atoms with E-state index in [-0.39, 0.29) is 0 Å². The highest BCUT2D eigenvalue weighted by Gasteiger charge is 2.28. The van der Waals surface area contributed by atoms with Crippen molar-refractivity contribution in [2.45, 2.75) is 64.8 Å². The fourth-order valence-corrected chi connectivity index (χ4v) is 3.93. The van der Waals surface area contributed by atoms with Gasteiger partial charge < -0.3 is 10.6 Å². The van der Waals surface area contributed by atoms with E-state index in [2.05, 4.69) is 18.7 Å². The van der Waals surface area contributed by atoms with E-state index >= 15 is 0 Å². The van der Waals surface area contributed by atoms with Gasteiger partial charge in [0.2, 0.25) is 0 Å². The minimum absolute atomic E-state index is 0.467. The second kappa shape index (κ2) is 6.91. The van der Waals surface area contributed by atoms with E-state index in [1.807, 2.05) is 0 Å². The Hall–Kier alpha value is -0.0800. The lowest BCUT2D eigenvalue weighted by Crippen LogP contribution is -2.45. The summed E-state index contributed by atoms with van der Waals surface area (Å²) in [6, 6.07) is 0.467. The fraction of sp³-hybridized carbons (Fsp3) is 1.00. The van der Waals surface area contributed by atoms with E-state index in [9.17, 15) is 0 Å². The molecule has 0 amide bonds. The zero-order valence-electron chi connectivity index (χ0n) is 12.4. The van der Waals surface area contributed by atoms with Crippen LogP contribution in [0.5, 0.6) is 0 Å². The predicted octanol–water partition coefficient (Wildman–Crippen LogP) is 3.26. The lowest BCUT2D eigenvalue weighted by molar-refractivity contribution is 0.122. The fourth-order valence-electron chi connectivity index (χ4n) is 3.93. The highest BCUT2D eigenvalue weighted by Crippen LogP contribution is 2.30. The van der Waals surface area contributed by atoms with Crippen LogP contribution in [0.1, 0.15) is 58.8 Å². The molecule has 2 aliphatic rings.